The maximum absolute atomic E-state index is 12.2. The Balaban J connectivity index is 1.39. The van der Waals surface area contributed by atoms with E-state index in [-0.39, 0.29) is 6.03 Å². The molecule has 0 atom stereocenters. The monoisotopic (exact) mass is 373 g/mol. The molecule has 150 valence electrons. The molecule has 0 radical (unpaired) electrons. The second-order valence-corrected chi connectivity index (χ2v) is 7.97. The Bertz CT molecular complexity index is 579. The average molecular weight is 374 g/mol. The molecule has 27 heavy (non-hydrogen) atoms. The van der Waals surface area contributed by atoms with Crippen molar-refractivity contribution in [2.75, 3.05) is 19.6 Å². The number of ether oxygens (including phenoxy) is 1. The molecule has 2 N–H and O–H groups in total. The molecule has 2 aliphatic rings. The summed E-state index contributed by atoms with van der Waals surface area (Å²) in [6.45, 7) is 6.08. The highest BCUT2D eigenvalue weighted by Gasteiger charge is 2.20. The molecule has 0 aromatic heterocycles. The molecule has 3 rings (SSSR count). The van der Waals surface area contributed by atoms with Crippen molar-refractivity contribution in [1.29, 1.82) is 0 Å². The van der Waals surface area contributed by atoms with E-state index in [1.54, 1.807) is 0 Å². The van der Waals surface area contributed by atoms with E-state index in [0.29, 0.717) is 18.7 Å². The van der Waals surface area contributed by atoms with Crippen molar-refractivity contribution in [3.63, 3.8) is 0 Å². The van der Waals surface area contributed by atoms with Gasteiger partial charge in [0.05, 0.1) is 6.10 Å². The Labute approximate surface area is 163 Å². The average Bonchev–Trinajstić information content (AvgIpc) is 2.69. The van der Waals surface area contributed by atoms with E-state index in [1.165, 1.54) is 25.7 Å². The quantitative estimate of drug-likeness (QED) is 0.757. The molecule has 0 bridgehead atoms. The smallest absolute Gasteiger partial charge is 0.315 e. The van der Waals surface area contributed by atoms with Crippen molar-refractivity contribution in [3.05, 3.63) is 29.8 Å². The first kappa shape index (κ1) is 20.0. The zero-order valence-corrected chi connectivity index (χ0v) is 16.7. The molecule has 1 aromatic carbocycles. The van der Waals surface area contributed by atoms with Crippen LogP contribution >= 0.6 is 0 Å². The SMILES string of the molecule is CCCN1CCC(NC(=O)NCc2cccc(OC3CCCCC3)c2)CC1. The minimum absolute atomic E-state index is 0.0671. The lowest BCUT2D eigenvalue weighted by Gasteiger charge is -2.32. The second kappa shape index (κ2) is 10.5. The summed E-state index contributed by atoms with van der Waals surface area (Å²) in [5.74, 6) is 0.921. The molecule has 0 spiro atoms. The van der Waals surface area contributed by atoms with Gasteiger partial charge in [-0.2, -0.15) is 0 Å². The van der Waals surface area contributed by atoms with Crippen molar-refractivity contribution in [3.8, 4) is 5.75 Å². The summed E-state index contributed by atoms with van der Waals surface area (Å²) in [5.41, 5.74) is 1.08. The zero-order valence-electron chi connectivity index (χ0n) is 16.7. The number of amides is 2. The number of rotatable bonds is 7. The standard InChI is InChI=1S/C22H35N3O2/c1-2-13-25-14-11-19(12-15-25)24-22(26)23-17-18-7-6-10-21(16-18)27-20-8-4-3-5-9-20/h6-7,10,16,19-20H,2-5,8-9,11-15,17H2,1H3,(H2,23,24,26). The number of likely N-dealkylation sites (tertiary alicyclic amines) is 1. The fourth-order valence-corrected chi connectivity index (χ4v) is 4.14. The predicted molar refractivity (Wildman–Crippen MR) is 109 cm³/mol. The van der Waals surface area contributed by atoms with Crippen molar-refractivity contribution in [1.82, 2.24) is 15.5 Å². The van der Waals surface area contributed by atoms with Crippen LogP contribution in [-0.2, 0) is 6.54 Å². The summed E-state index contributed by atoms with van der Waals surface area (Å²) in [5, 5.41) is 6.12. The molecular formula is C22H35N3O2. The third kappa shape index (κ3) is 6.73. The lowest BCUT2D eigenvalue weighted by molar-refractivity contribution is 0.155. The highest BCUT2D eigenvalue weighted by Crippen LogP contribution is 2.24. The van der Waals surface area contributed by atoms with Crippen LogP contribution in [-0.4, -0.2) is 42.7 Å². The number of nitrogens with one attached hydrogen (secondary N) is 2. The van der Waals surface area contributed by atoms with E-state index in [0.717, 1.165) is 56.6 Å². The topological polar surface area (TPSA) is 53.6 Å². The van der Waals surface area contributed by atoms with E-state index in [2.05, 4.69) is 28.5 Å². The maximum Gasteiger partial charge on any atom is 0.315 e. The highest BCUT2D eigenvalue weighted by molar-refractivity contribution is 5.74. The third-order valence-corrected chi connectivity index (χ3v) is 5.67. The van der Waals surface area contributed by atoms with Crippen LogP contribution in [0.5, 0.6) is 5.75 Å². The largest absolute Gasteiger partial charge is 0.490 e. The van der Waals surface area contributed by atoms with E-state index >= 15 is 0 Å². The van der Waals surface area contributed by atoms with Gasteiger partial charge in [-0.3, -0.25) is 0 Å². The molecule has 5 nitrogen and oxygen atoms in total. The van der Waals surface area contributed by atoms with Crippen LogP contribution < -0.4 is 15.4 Å². The van der Waals surface area contributed by atoms with Crippen LogP contribution in [0.15, 0.2) is 24.3 Å². The first-order valence-corrected chi connectivity index (χ1v) is 10.7. The van der Waals surface area contributed by atoms with E-state index < -0.39 is 0 Å². The molecule has 1 heterocycles. The van der Waals surface area contributed by atoms with Gasteiger partial charge < -0.3 is 20.3 Å². The summed E-state index contributed by atoms with van der Waals surface area (Å²) in [4.78, 5) is 14.7. The van der Waals surface area contributed by atoms with Gasteiger partial charge >= 0.3 is 6.03 Å². The van der Waals surface area contributed by atoms with Gasteiger partial charge in [-0.1, -0.05) is 25.5 Å². The molecule has 5 heteroatoms. The van der Waals surface area contributed by atoms with Crippen LogP contribution in [0.2, 0.25) is 0 Å². The fraction of sp³-hybridized carbons (Fsp3) is 0.682. The number of hydrogen-bond donors (Lipinski definition) is 2. The van der Waals surface area contributed by atoms with Gasteiger partial charge in [-0.05, 0) is 69.2 Å². The maximum atomic E-state index is 12.2. The number of benzene rings is 1. The van der Waals surface area contributed by atoms with Gasteiger partial charge in [0, 0.05) is 25.7 Å². The lowest BCUT2D eigenvalue weighted by Crippen LogP contribution is -2.47. The molecule has 1 aliphatic carbocycles. The van der Waals surface area contributed by atoms with E-state index in [1.807, 2.05) is 18.2 Å². The summed E-state index contributed by atoms with van der Waals surface area (Å²) < 4.78 is 6.12. The minimum Gasteiger partial charge on any atom is -0.490 e. The first-order chi connectivity index (χ1) is 13.2. The number of hydrogen-bond acceptors (Lipinski definition) is 3. The number of piperidine rings is 1. The number of nitrogens with zero attached hydrogens (tertiary/aromatic N) is 1. The normalized spacial score (nSPS) is 19.6. The van der Waals surface area contributed by atoms with Crippen molar-refractivity contribution in [2.45, 2.75) is 77.0 Å². The fourth-order valence-electron chi connectivity index (χ4n) is 4.14. The van der Waals surface area contributed by atoms with Gasteiger partial charge in [0.15, 0.2) is 0 Å². The Morgan fingerprint density at radius 2 is 1.93 bits per heavy atom. The second-order valence-electron chi connectivity index (χ2n) is 7.97. The summed E-state index contributed by atoms with van der Waals surface area (Å²) in [6.07, 6.45) is 9.80. The Hall–Kier alpha value is -1.75. The molecular weight excluding hydrogens is 338 g/mol. The van der Waals surface area contributed by atoms with Crippen molar-refractivity contribution in [2.24, 2.45) is 0 Å². The van der Waals surface area contributed by atoms with Crippen LogP contribution in [0.1, 0.15) is 63.9 Å². The summed E-state index contributed by atoms with van der Waals surface area (Å²) >= 11 is 0. The lowest BCUT2D eigenvalue weighted by atomic mass is 9.98. The van der Waals surface area contributed by atoms with Crippen LogP contribution in [0, 0.1) is 0 Å². The number of carbonyl (C=O) groups is 1. The summed E-state index contributed by atoms with van der Waals surface area (Å²) in [6, 6.07) is 8.34. The van der Waals surface area contributed by atoms with Gasteiger partial charge in [0.2, 0.25) is 0 Å². The molecule has 1 aromatic rings. The zero-order chi connectivity index (χ0) is 18.9. The number of carbonyl (C=O) groups excluding carboxylic acids is 1. The molecule has 2 amide bonds. The van der Waals surface area contributed by atoms with Crippen LogP contribution in [0.25, 0.3) is 0 Å². The van der Waals surface area contributed by atoms with Gasteiger partial charge in [0.25, 0.3) is 0 Å². The van der Waals surface area contributed by atoms with Crippen molar-refractivity contribution >= 4 is 6.03 Å². The van der Waals surface area contributed by atoms with E-state index in [9.17, 15) is 4.79 Å². The molecule has 1 aliphatic heterocycles. The molecule has 1 saturated carbocycles. The van der Waals surface area contributed by atoms with Crippen LogP contribution in [0.3, 0.4) is 0 Å². The summed E-state index contributed by atoms with van der Waals surface area (Å²) in [7, 11) is 0. The first-order valence-electron chi connectivity index (χ1n) is 10.7. The van der Waals surface area contributed by atoms with E-state index in [4.69, 9.17) is 4.74 Å². The molecule has 1 saturated heterocycles. The van der Waals surface area contributed by atoms with Gasteiger partial charge in [0.1, 0.15) is 5.75 Å². The Morgan fingerprint density at radius 1 is 1.15 bits per heavy atom. The Kier molecular flexibility index (Phi) is 7.81. The van der Waals surface area contributed by atoms with Crippen molar-refractivity contribution < 1.29 is 9.53 Å². The predicted octanol–water partition coefficient (Wildman–Crippen LogP) is 4.07. The third-order valence-electron chi connectivity index (χ3n) is 5.67. The Morgan fingerprint density at radius 3 is 2.67 bits per heavy atom. The molecule has 2 fully saturated rings. The number of urea groups is 1. The minimum atomic E-state index is -0.0671. The van der Waals surface area contributed by atoms with Gasteiger partial charge in [-0.15, -0.1) is 0 Å². The van der Waals surface area contributed by atoms with Crippen LogP contribution in [0.4, 0.5) is 4.79 Å². The van der Waals surface area contributed by atoms with Gasteiger partial charge in [-0.25, -0.2) is 4.79 Å². The highest BCUT2D eigenvalue weighted by atomic mass is 16.5. The molecule has 0 unspecified atom stereocenters.